The third-order valence-electron chi connectivity index (χ3n) is 2.92. The van der Waals surface area contributed by atoms with Crippen molar-refractivity contribution in [3.8, 4) is 0 Å². The third-order valence-corrected chi connectivity index (χ3v) is 2.92. The van der Waals surface area contributed by atoms with Gasteiger partial charge >= 0.3 is 17.9 Å². The number of carboxylic acids is 3. The van der Waals surface area contributed by atoms with Gasteiger partial charge in [-0.25, -0.2) is 14.4 Å². The van der Waals surface area contributed by atoms with E-state index < -0.39 is 17.9 Å². The summed E-state index contributed by atoms with van der Waals surface area (Å²) in [6, 6.07) is 1.04. The van der Waals surface area contributed by atoms with Crippen molar-refractivity contribution < 1.29 is 29.7 Å². The molecule has 0 aromatic heterocycles. The Hall–Kier alpha value is -2.37. The Bertz CT molecular complexity index is 518. The molecule has 1 rings (SSSR count). The summed E-state index contributed by atoms with van der Waals surface area (Å²) in [7, 11) is 0. The number of carboxylic acid groups (broad SMARTS) is 3. The minimum atomic E-state index is -1.33. The van der Waals surface area contributed by atoms with Crippen molar-refractivity contribution in [2.24, 2.45) is 0 Å². The SMILES string of the molecule is CCc1c(C(=O)O)cc(C(=O)O)c(CC)c1C(=O)O. The second-order valence-corrected chi connectivity index (χ2v) is 3.93. The number of carbonyl (C=O) groups is 3. The minimum absolute atomic E-state index is 0.154. The lowest BCUT2D eigenvalue weighted by Crippen LogP contribution is -2.17. The van der Waals surface area contributed by atoms with Crippen LogP contribution >= 0.6 is 0 Å². The smallest absolute Gasteiger partial charge is 0.336 e. The molecule has 6 heteroatoms. The van der Waals surface area contributed by atoms with Gasteiger partial charge in [0.15, 0.2) is 0 Å². The highest BCUT2D eigenvalue weighted by Crippen LogP contribution is 2.25. The molecule has 19 heavy (non-hydrogen) atoms. The van der Waals surface area contributed by atoms with Crippen LogP contribution in [0.1, 0.15) is 56.0 Å². The van der Waals surface area contributed by atoms with Gasteiger partial charge in [0.2, 0.25) is 0 Å². The van der Waals surface area contributed by atoms with E-state index in [1.54, 1.807) is 13.8 Å². The molecule has 1 aromatic rings. The summed E-state index contributed by atoms with van der Waals surface area (Å²) < 4.78 is 0. The van der Waals surface area contributed by atoms with Crippen LogP contribution < -0.4 is 0 Å². The summed E-state index contributed by atoms with van der Waals surface area (Å²) in [5.41, 5.74) is -0.435. The van der Waals surface area contributed by atoms with Crippen molar-refractivity contribution in [3.05, 3.63) is 33.9 Å². The second kappa shape index (κ2) is 5.51. The zero-order valence-corrected chi connectivity index (χ0v) is 10.6. The summed E-state index contributed by atoms with van der Waals surface area (Å²) >= 11 is 0. The van der Waals surface area contributed by atoms with E-state index in [-0.39, 0.29) is 40.7 Å². The molecule has 3 N–H and O–H groups in total. The fraction of sp³-hybridized carbons (Fsp3) is 0.308. The number of rotatable bonds is 5. The average molecular weight is 266 g/mol. The lowest BCUT2D eigenvalue weighted by atomic mass is 9.89. The van der Waals surface area contributed by atoms with Crippen molar-refractivity contribution in [1.29, 1.82) is 0 Å². The number of hydrogen-bond acceptors (Lipinski definition) is 3. The molecule has 102 valence electrons. The maximum atomic E-state index is 11.3. The van der Waals surface area contributed by atoms with E-state index in [0.29, 0.717) is 0 Å². The molecule has 0 fully saturated rings. The van der Waals surface area contributed by atoms with Crippen LogP contribution in [0.25, 0.3) is 0 Å². The standard InChI is InChI=1S/C13H14O6/c1-3-6-8(11(14)15)5-9(12(16)17)7(4-2)10(6)13(18)19/h5H,3-4H2,1-2H3,(H,14,15)(H,16,17)(H,18,19). The predicted molar refractivity (Wildman–Crippen MR) is 66.1 cm³/mol. The Morgan fingerprint density at radius 1 is 0.842 bits per heavy atom. The Kier molecular flexibility index (Phi) is 4.26. The summed E-state index contributed by atoms with van der Waals surface area (Å²) in [5.74, 6) is -3.96. The van der Waals surface area contributed by atoms with Crippen LogP contribution in [0.3, 0.4) is 0 Å². The first-order valence-electron chi connectivity index (χ1n) is 5.73. The molecule has 0 bridgehead atoms. The first-order valence-corrected chi connectivity index (χ1v) is 5.73. The molecule has 0 radical (unpaired) electrons. The number of aromatic carboxylic acids is 3. The van der Waals surface area contributed by atoms with Crippen molar-refractivity contribution >= 4 is 17.9 Å². The molecule has 0 heterocycles. The van der Waals surface area contributed by atoms with Gasteiger partial charge in [-0.2, -0.15) is 0 Å². The van der Waals surface area contributed by atoms with Gasteiger partial charge in [0.05, 0.1) is 16.7 Å². The van der Waals surface area contributed by atoms with Gasteiger partial charge in [-0.05, 0) is 30.0 Å². The van der Waals surface area contributed by atoms with E-state index in [0.717, 1.165) is 6.07 Å². The van der Waals surface area contributed by atoms with Gasteiger partial charge in [0.25, 0.3) is 0 Å². The highest BCUT2D eigenvalue weighted by Gasteiger charge is 2.25. The van der Waals surface area contributed by atoms with Crippen LogP contribution in [0.5, 0.6) is 0 Å². The molecule has 0 aliphatic heterocycles. The number of hydrogen-bond donors (Lipinski definition) is 3. The van der Waals surface area contributed by atoms with Gasteiger partial charge in [0.1, 0.15) is 0 Å². The normalized spacial score (nSPS) is 10.2. The Labute approximate surface area is 109 Å². The molecule has 0 saturated carbocycles. The largest absolute Gasteiger partial charge is 0.478 e. The summed E-state index contributed by atoms with van der Waals surface area (Å²) in [4.78, 5) is 33.6. The maximum absolute atomic E-state index is 11.3. The van der Waals surface area contributed by atoms with E-state index in [4.69, 9.17) is 10.2 Å². The zero-order valence-electron chi connectivity index (χ0n) is 10.6. The first-order chi connectivity index (χ1) is 8.84. The molecule has 1 aromatic carbocycles. The van der Waals surface area contributed by atoms with E-state index in [9.17, 15) is 19.5 Å². The van der Waals surface area contributed by atoms with Gasteiger partial charge in [-0.1, -0.05) is 13.8 Å². The van der Waals surface area contributed by atoms with Gasteiger partial charge < -0.3 is 15.3 Å². The van der Waals surface area contributed by atoms with Crippen molar-refractivity contribution in [2.45, 2.75) is 26.7 Å². The molecule has 6 nitrogen and oxygen atoms in total. The monoisotopic (exact) mass is 266 g/mol. The molecular weight excluding hydrogens is 252 g/mol. The quantitative estimate of drug-likeness (QED) is 0.750. The van der Waals surface area contributed by atoms with Crippen molar-refractivity contribution in [3.63, 3.8) is 0 Å². The predicted octanol–water partition coefficient (Wildman–Crippen LogP) is 1.91. The molecule has 0 spiro atoms. The van der Waals surface area contributed by atoms with Crippen molar-refractivity contribution in [2.75, 3.05) is 0 Å². The topological polar surface area (TPSA) is 112 Å². The Morgan fingerprint density at radius 3 is 1.42 bits per heavy atom. The van der Waals surface area contributed by atoms with Crippen LogP contribution in [-0.2, 0) is 12.8 Å². The van der Waals surface area contributed by atoms with Crippen LogP contribution in [-0.4, -0.2) is 33.2 Å². The lowest BCUT2D eigenvalue weighted by Gasteiger charge is -2.15. The molecule has 0 aliphatic carbocycles. The second-order valence-electron chi connectivity index (χ2n) is 3.93. The summed E-state index contributed by atoms with van der Waals surface area (Å²) in [5, 5.41) is 27.4. The van der Waals surface area contributed by atoms with Crippen LogP contribution in [0.4, 0.5) is 0 Å². The maximum Gasteiger partial charge on any atom is 0.336 e. The Balaban J connectivity index is 3.87. The Morgan fingerprint density at radius 2 is 1.21 bits per heavy atom. The highest BCUT2D eigenvalue weighted by molar-refractivity contribution is 6.03. The summed E-state index contributed by atoms with van der Waals surface area (Å²) in [6.45, 7) is 3.27. The van der Waals surface area contributed by atoms with Gasteiger partial charge in [-0.3, -0.25) is 0 Å². The van der Waals surface area contributed by atoms with Crippen molar-refractivity contribution in [1.82, 2.24) is 0 Å². The van der Waals surface area contributed by atoms with Crippen LogP contribution in [0, 0.1) is 0 Å². The zero-order chi connectivity index (χ0) is 14.7. The van der Waals surface area contributed by atoms with E-state index >= 15 is 0 Å². The van der Waals surface area contributed by atoms with E-state index in [1.807, 2.05) is 0 Å². The van der Waals surface area contributed by atoms with Crippen LogP contribution in [0.15, 0.2) is 6.07 Å². The highest BCUT2D eigenvalue weighted by atomic mass is 16.4. The van der Waals surface area contributed by atoms with Gasteiger partial charge in [-0.15, -0.1) is 0 Å². The molecule has 0 atom stereocenters. The van der Waals surface area contributed by atoms with Crippen LogP contribution in [0.2, 0.25) is 0 Å². The molecular formula is C13H14O6. The number of benzene rings is 1. The molecule has 0 unspecified atom stereocenters. The van der Waals surface area contributed by atoms with E-state index in [1.165, 1.54) is 0 Å². The fourth-order valence-electron chi connectivity index (χ4n) is 2.14. The summed E-state index contributed by atoms with van der Waals surface area (Å²) in [6.07, 6.45) is 0.409. The average Bonchev–Trinajstić information content (AvgIpc) is 2.35. The van der Waals surface area contributed by atoms with Gasteiger partial charge in [0, 0.05) is 0 Å². The fourth-order valence-corrected chi connectivity index (χ4v) is 2.14. The lowest BCUT2D eigenvalue weighted by molar-refractivity contribution is 0.0694. The molecule has 0 aliphatic rings. The molecule has 0 saturated heterocycles. The minimum Gasteiger partial charge on any atom is -0.478 e. The molecule has 0 amide bonds. The first kappa shape index (κ1) is 14.7. The van der Waals surface area contributed by atoms with E-state index in [2.05, 4.69) is 0 Å². The third kappa shape index (κ3) is 2.57.